The van der Waals surface area contributed by atoms with Crippen LogP contribution in [0.5, 0.6) is 0 Å². The normalized spacial score (nSPS) is 9.89. The average Bonchev–Trinajstić information content (AvgIpc) is 2.36. The Morgan fingerprint density at radius 3 is 2.83 bits per heavy atom. The van der Waals surface area contributed by atoms with Crippen molar-refractivity contribution in [3.63, 3.8) is 0 Å². The number of ether oxygens (including phenoxy) is 2. The van der Waals surface area contributed by atoms with Gasteiger partial charge in [-0.3, -0.25) is 4.79 Å². The third-order valence-electron chi connectivity index (χ3n) is 2.02. The summed E-state index contributed by atoms with van der Waals surface area (Å²) in [6.07, 6.45) is 0. The van der Waals surface area contributed by atoms with Crippen LogP contribution in [0.2, 0.25) is 0 Å². The molecule has 0 radical (unpaired) electrons. The minimum atomic E-state index is -0.504. The highest BCUT2D eigenvalue weighted by Crippen LogP contribution is 2.08. The average molecular weight is 363 g/mol. The zero-order valence-electron chi connectivity index (χ0n) is 9.94. The molecular weight excluding hydrogens is 349 g/mol. The lowest BCUT2D eigenvalue weighted by Gasteiger charge is -2.06. The van der Waals surface area contributed by atoms with E-state index >= 15 is 0 Å². The fourth-order valence-corrected chi connectivity index (χ4v) is 1.72. The molecule has 0 aromatic heterocycles. The quantitative estimate of drug-likeness (QED) is 0.469. The smallest absolute Gasteiger partial charge is 0.338 e. The van der Waals surface area contributed by atoms with Gasteiger partial charge in [0.25, 0.3) is 5.91 Å². The Morgan fingerprint density at radius 1 is 1.39 bits per heavy atom. The van der Waals surface area contributed by atoms with Crippen LogP contribution in [0.25, 0.3) is 0 Å². The molecule has 0 aliphatic carbocycles. The molecule has 0 atom stereocenters. The molecule has 1 aromatic carbocycles. The maximum absolute atomic E-state index is 11.6. The molecule has 0 aliphatic heterocycles. The van der Waals surface area contributed by atoms with E-state index in [-0.39, 0.29) is 12.5 Å². The van der Waals surface area contributed by atoms with Crippen molar-refractivity contribution >= 4 is 34.5 Å². The SMILES string of the molecule is COCCNC(=O)COC(=O)c1cccc(I)c1. The van der Waals surface area contributed by atoms with Crippen molar-refractivity contribution in [2.75, 3.05) is 26.9 Å². The number of rotatable bonds is 6. The van der Waals surface area contributed by atoms with Gasteiger partial charge in [0.05, 0.1) is 12.2 Å². The van der Waals surface area contributed by atoms with E-state index < -0.39 is 5.97 Å². The first-order chi connectivity index (χ1) is 8.63. The van der Waals surface area contributed by atoms with Gasteiger partial charge in [-0.05, 0) is 40.8 Å². The number of amides is 1. The van der Waals surface area contributed by atoms with Gasteiger partial charge in [0.1, 0.15) is 0 Å². The van der Waals surface area contributed by atoms with Gasteiger partial charge in [-0.25, -0.2) is 4.79 Å². The van der Waals surface area contributed by atoms with Gasteiger partial charge in [0.2, 0.25) is 0 Å². The minimum Gasteiger partial charge on any atom is -0.452 e. The van der Waals surface area contributed by atoms with E-state index in [1.807, 2.05) is 6.07 Å². The zero-order chi connectivity index (χ0) is 13.4. The first-order valence-electron chi connectivity index (χ1n) is 5.32. The first-order valence-corrected chi connectivity index (χ1v) is 6.39. The summed E-state index contributed by atoms with van der Waals surface area (Å²) in [4.78, 5) is 22.9. The second-order valence-electron chi connectivity index (χ2n) is 3.43. The molecule has 1 amide bonds. The number of methoxy groups -OCH3 is 1. The van der Waals surface area contributed by atoms with Crippen LogP contribution in [0.15, 0.2) is 24.3 Å². The van der Waals surface area contributed by atoms with Crippen LogP contribution in [0.1, 0.15) is 10.4 Å². The topological polar surface area (TPSA) is 64.6 Å². The van der Waals surface area contributed by atoms with Crippen molar-refractivity contribution in [3.8, 4) is 0 Å². The Labute approximate surface area is 119 Å². The van der Waals surface area contributed by atoms with E-state index in [9.17, 15) is 9.59 Å². The third kappa shape index (κ3) is 5.46. The molecule has 0 aliphatic rings. The highest BCUT2D eigenvalue weighted by molar-refractivity contribution is 14.1. The van der Waals surface area contributed by atoms with E-state index in [2.05, 4.69) is 27.9 Å². The number of nitrogens with one attached hydrogen (secondary N) is 1. The number of carbonyl (C=O) groups is 2. The molecule has 18 heavy (non-hydrogen) atoms. The number of halogens is 1. The molecule has 1 rings (SSSR count). The summed E-state index contributed by atoms with van der Waals surface area (Å²) in [5, 5.41) is 2.56. The van der Waals surface area contributed by atoms with Crippen LogP contribution in [-0.2, 0) is 14.3 Å². The van der Waals surface area contributed by atoms with Crippen LogP contribution in [-0.4, -0.2) is 38.7 Å². The second kappa shape index (κ2) is 8.04. The Kier molecular flexibility index (Phi) is 6.66. The van der Waals surface area contributed by atoms with E-state index in [0.29, 0.717) is 18.7 Å². The first kappa shape index (κ1) is 14.9. The number of hydrogen-bond acceptors (Lipinski definition) is 4. The van der Waals surface area contributed by atoms with Gasteiger partial charge in [-0.15, -0.1) is 0 Å². The molecule has 0 spiro atoms. The predicted octanol–water partition coefficient (Wildman–Crippen LogP) is 1.21. The number of hydrogen-bond donors (Lipinski definition) is 1. The molecule has 0 saturated carbocycles. The fourth-order valence-electron chi connectivity index (χ4n) is 1.17. The molecule has 6 heteroatoms. The van der Waals surface area contributed by atoms with E-state index in [1.54, 1.807) is 25.3 Å². The maximum Gasteiger partial charge on any atom is 0.338 e. The van der Waals surface area contributed by atoms with Crippen LogP contribution in [0.3, 0.4) is 0 Å². The summed E-state index contributed by atoms with van der Waals surface area (Å²) < 4.78 is 10.6. The summed E-state index contributed by atoms with van der Waals surface area (Å²) in [7, 11) is 1.54. The molecule has 0 bridgehead atoms. The van der Waals surface area contributed by atoms with Gasteiger partial charge >= 0.3 is 5.97 Å². The summed E-state index contributed by atoms with van der Waals surface area (Å²) in [6.45, 7) is 0.542. The Balaban J connectivity index is 2.35. The summed E-state index contributed by atoms with van der Waals surface area (Å²) in [5.41, 5.74) is 0.437. The van der Waals surface area contributed by atoms with Crippen molar-refractivity contribution in [2.24, 2.45) is 0 Å². The van der Waals surface area contributed by atoms with Gasteiger partial charge in [0.15, 0.2) is 6.61 Å². The Hall–Kier alpha value is -1.15. The third-order valence-corrected chi connectivity index (χ3v) is 2.69. The lowest BCUT2D eigenvalue weighted by Crippen LogP contribution is -2.31. The van der Waals surface area contributed by atoms with Gasteiger partial charge in [0, 0.05) is 17.2 Å². The zero-order valence-corrected chi connectivity index (χ0v) is 12.1. The monoisotopic (exact) mass is 363 g/mol. The molecule has 0 unspecified atom stereocenters. The second-order valence-corrected chi connectivity index (χ2v) is 4.67. The summed E-state index contributed by atoms with van der Waals surface area (Å²) in [6, 6.07) is 6.98. The molecule has 0 heterocycles. The molecule has 98 valence electrons. The number of carbonyl (C=O) groups excluding carboxylic acids is 2. The largest absolute Gasteiger partial charge is 0.452 e. The lowest BCUT2D eigenvalue weighted by molar-refractivity contribution is -0.124. The van der Waals surface area contributed by atoms with Crippen LogP contribution in [0.4, 0.5) is 0 Å². The van der Waals surface area contributed by atoms with E-state index in [1.165, 1.54) is 0 Å². The highest BCUT2D eigenvalue weighted by atomic mass is 127. The van der Waals surface area contributed by atoms with Crippen molar-refractivity contribution < 1.29 is 19.1 Å². The summed E-state index contributed by atoms with van der Waals surface area (Å²) in [5.74, 6) is -0.846. The van der Waals surface area contributed by atoms with Crippen molar-refractivity contribution in [1.82, 2.24) is 5.32 Å². The molecule has 1 aromatic rings. The molecule has 1 N–H and O–H groups in total. The fraction of sp³-hybridized carbons (Fsp3) is 0.333. The molecule has 5 nitrogen and oxygen atoms in total. The molecular formula is C12H14INO4. The molecule has 0 saturated heterocycles. The Morgan fingerprint density at radius 2 is 2.17 bits per heavy atom. The van der Waals surface area contributed by atoms with Crippen LogP contribution >= 0.6 is 22.6 Å². The van der Waals surface area contributed by atoms with E-state index in [4.69, 9.17) is 9.47 Å². The number of esters is 1. The van der Waals surface area contributed by atoms with Crippen molar-refractivity contribution in [2.45, 2.75) is 0 Å². The summed E-state index contributed by atoms with van der Waals surface area (Å²) >= 11 is 2.10. The molecule has 0 fully saturated rings. The maximum atomic E-state index is 11.6. The Bertz CT molecular complexity index is 422. The minimum absolute atomic E-state index is 0.284. The number of benzene rings is 1. The van der Waals surface area contributed by atoms with Crippen LogP contribution in [0, 0.1) is 3.57 Å². The van der Waals surface area contributed by atoms with Crippen molar-refractivity contribution in [3.05, 3.63) is 33.4 Å². The lowest BCUT2D eigenvalue weighted by atomic mass is 10.2. The van der Waals surface area contributed by atoms with Gasteiger partial charge in [-0.2, -0.15) is 0 Å². The van der Waals surface area contributed by atoms with Gasteiger partial charge in [-0.1, -0.05) is 6.07 Å². The van der Waals surface area contributed by atoms with E-state index in [0.717, 1.165) is 3.57 Å². The van der Waals surface area contributed by atoms with Gasteiger partial charge < -0.3 is 14.8 Å². The van der Waals surface area contributed by atoms with Crippen LogP contribution < -0.4 is 5.32 Å². The predicted molar refractivity (Wildman–Crippen MR) is 74.3 cm³/mol. The standard InChI is InChI=1S/C12H14INO4/c1-17-6-5-14-11(15)8-18-12(16)9-3-2-4-10(13)7-9/h2-4,7H,5-6,8H2,1H3,(H,14,15). The van der Waals surface area contributed by atoms with Crippen molar-refractivity contribution in [1.29, 1.82) is 0 Å². The highest BCUT2D eigenvalue weighted by Gasteiger charge is 2.09.